The molecule has 18 unspecified atom stereocenters. The van der Waals surface area contributed by atoms with E-state index in [-0.39, 0.29) is 12.3 Å². The van der Waals surface area contributed by atoms with Gasteiger partial charge in [-0.3, -0.25) is 9.59 Å². The topological polar surface area (TPSA) is 373 Å². The highest BCUT2D eigenvalue weighted by Crippen LogP contribution is 2.38. The summed E-state index contributed by atoms with van der Waals surface area (Å²) in [6, 6.07) is -2.62. The summed E-state index contributed by atoms with van der Waals surface area (Å²) < 4.78 is 34.6. The second-order valence-electron chi connectivity index (χ2n) is 22.6. The molecule has 23 heteroatoms. The molecule has 478 valence electrons. The Balaban J connectivity index is 1.65. The van der Waals surface area contributed by atoms with Gasteiger partial charge in [-0.15, -0.1) is 0 Å². The van der Waals surface area contributed by atoms with Crippen molar-refractivity contribution in [3.63, 3.8) is 0 Å². The predicted molar refractivity (Wildman–Crippen MR) is 301 cm³/mol. The summed E-state index contributed by atoms with van der Waals surface area (Å²) in [6.07, 6.45) is 6.89. The molecule has 0 aromatic heterocycles. The van der Waals surface area contributed by atoms with E-state index in [0.29, 0.717) is 12.8 Å². The van der Waals surface area contributed by atoms with Gasteiger partial charge in [0.25, 0.3) is 5.79 Å². The van der Waals surface area contributed by atoms with Crippen molar-refractivity contribution >= 4 is 17.8 Å². The third kappa shape index (κ3) is 25.3. The van der Waals surface area contributed by atoms with Crippen molar-refractivity contribution in [3.05, 3.63) is 24.3 Å². The van der Waals surface area contributed by atoms with Crippen molar-refractivity contribution in [2.75, 3.05) is 26.4 Å². The molecule has 0 spiro atoms. The van der Waals surface area contributed by atoms with Crippen LogP contribution in [0, 0.1) is 0 Å². The summed E-state index contributed by atoms with van der Waals surface area (Å²) in [5, 5.41) is 135. The normalized spacial score (nSPS) is 30.3. The summed E-state index contributed by atoms with van der Waals surface area (Å²) in [6.45, 7) is 2.06. The van der Waals surface area contributed by atoms with Gasteiger partial charge in [-0.25, -0.2) is 4.79 Å². The number of hydrogen-bond donors (Lipinski definition) is 14. The summed E-state index contributed by atoms with van der Waals surface area (Å²) in [5.41, 5.74) is 0. The molecule has 0 bridgehead atoms. The molecule has 0 aromatic rings. The molecule has 0 aromatic carbocycles. The Kier molecular flexibility index (Phi) is 37.0. The molecule has 0 aliphatic carbocycles. The van der Waals surface area contributed by atoms with E-state index in [1.807, 2.05) is 6.08 Å². The smallest absolute Gasteiger partial charge is 0.364 e. The molecule has 3 rings (SSSR count). The Morgan fingerprint density at radius 2 is 1.15 bits per heavy atom. The first-order valence-electron chi connectivity index (χ1n) is 30.7. The maximum absolute atomic E-state index is 13.3. The summed E-state index contributed by atoms with van der Waals surface area (Å²) in [4.78, 5) is 38.3. The minimum absolute atomic E-state index is 0.190. The van der Waals surface area contributed by atoms with Crippen LogP contribution in [0.5, 0.6) is 0 Å². The first kappa shape index (κ1) is 73.5. The zero-order valence-electron chi connectivity index (χ0n) is 49.1. The van der Waals surface area contributed by atoms with Gasteiger partial charge in [-0.1, -0.05) is 154 Å². The molecule has 3 aliphatic heterocycles. The van der Waals surface area contributed by atoms with Gasteiger partial charge >= 0.3 is 5.97 Å². The van der Waals surface area contributed by atoms with Gasteiger partial charge in [0.15, 0.2) is 12.6 Å². The first-order valence-corrected chi connectivity index (χ1v) is 30.7. The molecule has 3 fully saturated rings. The van der Waals surface area contributed by atoms with E-state index in [0.717, 1.165) is 64.7 Å². The molecule has 14 N–H and O–H groups in total. The molecule has 2 amide bonds. The lowest BCUT2D eigenvalue weighted by atomic mass is 9.88. The largest absolute Gasteiger partial charge is 0.477 e. The third-order valence-electron chi connectivity index (χ3n) is 15.6. The Morgan fingerprint density at radius 3 is 1.66 bits per heavy atom. The number of carboxylic acid groups (broad SMARTS) is 1. The molecular weight excluding hydrogens is 1070 g/mol. The van der Waals surface area contributed by atoms with Crippen molar-refractivity contribution in [3.8, 4) is 0 Å². The zero-order valence-corrected chi connectivity index (χ0v) is 49.1. The van der Waals surface area contributed by atoms with Crippen LogP contribution < -0.4 is 10.6 Å². The Labute approximate surface area is 485 Å². The van der Waals surface area contributed by atoms with Crippen LogP contribution >= 0.6 is 0 Å². The summed E-state index contributed by atoms with van der Waals surface area (Å²) >= 11 is 0. The van der Waals surface area contributed by atoms with Crippen LogP contribution in [-0.2, 0) is 42.8 Å². The fourth-order valence-electron chi connectivity index (χ4n) is 10.6. The molecule has 18 atom stereocenters. The number of carboxylic acids is 1. The maximum atomic E-state index is 13.3. The Bertz CT molecular complexity index is 1780. The van der Waals surface area contributed by atoms with E-state index in [4.69, 9.17) is 28.4 Å². The second kappa shape index (κ2) is 41.3. The van der Waals surface area contributed by atoms with Gasteiger partial charge < -0.3 is 100 Å². The molecular formula is C59H106N2O21. The standard InChI is InChI=1S/C59H106N2O21/c1-4-6-8-10-12-14-16-17-18-19-20-21-22-23-25-27-29-31-33-46(69)61-40(41(66)32-30-28-26-24-15-13-11-9-7-5-2)38-77-56-51(73)50(72)53(45(37-64)79-56)80-57-52(74)55(49(71)44(36-63)78-57)82-59(58(75)76)34-42(67)47(60-39(3)65)54(81-59)48(70)43(68)35-62/h20-21,30,32,40-45,47-57,62-64,66-68,70-74H,4-19,22-29,31,33-38H2,1-3H3,(H,60,65)(H,61,69)(H,75,76)/b21-20-,32-30+. The van der Waals surface area contributed by atoms with E-state index in [1.54, 1.807) is 6.08 Å². The molecule has 0 radical (unpaired) electrons. The summed E-state index contributed by atoms with van der Waals surface area (Å²) in [7, 11) is 0. The van der Waals surface area contributed by atoms with E-state index in [2.05, 4.69) is 36.6 Å². The lowest BCUT2D eigenvalue weighted by molar-refractivity contribution is -0.386. The monoisotopic (exact) mass is 1180 g/mol. The molecule has 3 heterocycles. The van der Waals surface area contributed by atoms with E-state index in [9.17, 15) is 75.7 Å². The van der Waals surface area contributed by atoms with Crippen molar-refractivity contribution in [1.29, 1.82) is 0 Å². The van der Waals surface area contributed by atoms with E-state index in [1.165, 1.54) is 89.9 Å². The van der Waals surface area contributed by atoms with Gasteiger partial charge in [0.2, 0.25) is 11.8 Å². The quantitative estimate of drug-likeness (QED) is 0.0308. The maximum Gasteiger partial charge on any atom is 0.364 e. The van der Waals surface area contributed by atoms with E-state index >= 15 is 0 Å². The van der Waals surface area contributed by atoms with Crippen LogP contribution in [0.25, 0.3) is 0 Å². The van der Waals surface area contributed by atoms with Crippen molar-refractivity contribution in [2.24, 2.45) is 0 Å². The number of aliphatic carboxylic acids is 1. The van der Waals surface area contributed by atoms with Gasteiger partial charge in [-0.05, 0) is 44.9 Å². The van der Waals surface area contributed by atoms with Crippen LogP contribution in [0.3, 0.4) is 0 Å². The number of unbranched alkanes of at least 4 members (excludes halogenated alkanes) is 22. The molecule has 3 aliphatic rings. The fraction of sp³-hybridized carbons (Fsp3) is 0.881. The summed E-state index contributed by atoms with van der Waals surface area (Å²) in [5.74, 6) is -6.16. The number of rotatable bonds is 44. The lowest BCUT2D eigenvalue weighted by Gasteiger charge is -2.50. The van der Waals surface area contributed by atoms with Gasteiger partial charge in [0.1, 0.15) is 67.1 Å². The number of ether oxygens (including phenoxy) is 6. The Morgan fingerprint density at radius 1 is 0.634 bits per heavy atom. The lowest BCUT2D eigenvalue weighted by Crippen LogP contribution is -2.70. The van der Waals surface area contributed by atoms with Crippen LogP contribution in [0.2, 0.25) is 0 Å². The van der Waals surface area contributed by atoms with Crippen LogP contribution in [0.15, 0.2) is 24.3 Å². The highest BCUT2D eigenvalue weighted by molar-refractivity contribution is 5.77. The van der Waals surface area contributed by atoms with Crippen molar-refractivity contribution < 1.29 is 104 Å². The minimum Gasteiger partial charge on any atom is -0.477 e. The van der Waals surface area contributed by atoms with Crippen LogP contribution in [-0.4, -0.2) is 215 Å². The zero-order chi connectivity index (χ0) is 60.5. The average molecular weight is 1180 g/mol. The highest BCUT2D eigenvalue weighted by Gasteiger charge is 2.60. The third-order valence-corrected chi connectivity index (χ3v) is 15.6. The highest BCUT2D eigenvalue weighted by atomic mass is 16.8. The number of aliphatic hydroxyl groups is 11. The number of carbonyl (C=O) groups excluding carboxylic acids is 2. The number of hydrogen-bond acceptors (Lipinski definition) is 20. The van der Waals surface area contributed by atoms with Crippen LogP contribution in [0.4, 0.5) is 0 Å². The number of amides is 2. The molecule has 23 nitrogen and oxygen atoms in total. The van der Waals surface area contributed by atoms with Gasteiger partial charge in [-0.2, -0.15) is 0 Å². The van der Waals surface area contributed by atoms with E-state index < -0.39 is 155 Å². The Hall–Kier alpha value is -2.79. The molecule has 3 saturated heterocycles. The van der Waals surface area contributed by atoms with Gasteiger partial charge in [0, 0.05) is 19.8 Å². The van der Waals surface area contributed by atoms with Crippen molar-refractivity contribution in [2.45, 2.75) is 304 Å². The van der Waals surface area contributed by atoms with Crippen molar-refractivity contribution in [1.82, 2.24) is 10.6 Å². The SMILES string of the molecule is CCCCCCCCCC/C=C/C(O)C(COC1OC(CO)C(OC2OC(CO)C(O)C(OC3(C(=O)O)CC(O)C(NC(C)=O)C(C(O)C(O)CO)O3)C2O)C(O)C1O)NC(=O)CCCCCCC/C=C\CCCCCCCCCCC. The number of nitrogens with one attached hydrogen (secondary N) is 2. The molecule has 82 heavy (non-hydrogen) atoms. The average Bonchev–Trinajstić information content (AvgIpc) is 3.55. The van der Waals surface area contributed by atoms with Crippen LogP contribution in [0.1, 0.15) is 194 Å². The molecule has 0 saturated carbocycles. The number of aliphatic hydroxyl groups excluding tert-OH is 11. The number of allylic oxidation sites excluding steroid dienone is 3. The fourth-order valence-corrected chi connectivity index (χ4v) is 10.6. The minimum atomic E-state index is -3.08. The second-order valence-corrected chi connectivity index (χ2v) is 22.6. The number of carbonyl (C=O) groups is 3. The van der Waals surface area contributed by atoms with Gasteiger partial charge in [0.05, 0.1) is 50.7 Å². The first-order chi connectivity index (χ1) is 39.4. The predicted octanol–water partition coefficient (Wildman–Crippen LogP) is 2.94.